The number of hydrogen-bond donors (Lipinski definition) is 1. The second kappa shape index (κ2) is 6.98. The molecule has 0 amide bonds. The van der Waals surface area contributed by atoms with Crippen LogP contribution in [0.15, 0.2) is 10.7 Å². The molecule has 0 saturated heterocycles. The monoisotopic (exact) mass is 264 g/mol. The third-order valence-corrected chi connectivity index (χ3v) is 2.75. The van der Waals surface area contributed by atoms with Gasteiger partial charge in [0.25, 0.3) is 0 Å². The number of hydrogen-bond acceptors (Lipinski definition) is 6. The van der Waals surface area contributed by atoms with Crippen LogP contribution in [0.4, 0.5) is 0 Å². The molecular formula is C12H20N6O. The Kier molecular flexibility index (Phi) is 5.02. The number of aromatic nitrogens is 5. The third kappa shape index (κ3) is 4.13. The first-order valence-electron chi connectivity index (χ1n) is 6.72. The fourth-order valence-electron chi connectivity index (χ4n) is 1.80. The second-order valence-electron chi connectivity index (χ2n) is 4.51. The van der Waals surface area contributed by atoms with Gasteiger partial charge in [-0.1, -0.05) is 17.3 Å². The normalized spacial score (nSPS) is 11.1. The number of nitrogens with zero attached hydrogens (tertiary/aromatic N) is 5. The summed E-state index contributed by atoms with van der Waals surface area (Å²) < 4.78 is 6.89. The van der Waals surface area contributed by atoms with Gasteiger partial charge in [0.2, 0.25) is 5.89 Å². The van der Waals surface area contributed by atoms with E-state index in [0.717, 1.165) is 50.2 Å². The van der Waals surface area contributed by atoms with Crippen molar-refractivity contribution in [1.82, 2.24) is 25.1 Å². The van der Waals surface area contributed by atoms with Gasteiger partial charge in [0.1, 0.15) is 6.54 Å². The minimum absolute atomic E-state index is 0.473. The maximum atomic E-state index is 5.46. The molecule has 0 saturated carbocycles. The molecule has 0 fully saturated rings. The van der Waals surface area contributed by atoms with Crippen LogP contribution in [0, 0.1) is 0 Å². The van der Waals surface area contributed by atoms with Crippen molar-refractivity contribution in [3.63, 3.8) is 0 Å². The largest absolute Gasteiger partial charge is 0.337 e. The standard InChI is InChI=1S/C12H20N6O/c1-2-5-11-14-12(19-16-11)9-18-8-10(15-17-18)6-3-4-7-13/h8H,2-7,9,13H2,1H3. The van der Waals surface area contributed by atoms with Gasteiger partial charge in [-0.05, 0) is 32.2 Å². The summed E-state index contributed by atoms with van der Waals surface area (Å²) in [5, 5.41) is 12.1. The van der Waals surface area contributed by atoms with Gasteiger partial charge in [0.15, 0.2) is 5.82 Å². The van der Waals surface area contributed by atoms with Crippen LogP contribution in [0.1, 0.15) is 43.6 Å². The molecule has 2 N–H and O–H groups in total. The van der Waals surface area contributed by atoms with Gasteiger partial charge in [-0.2, -0.15) is 4.98 Å². The summed E-state index contributed by atoms with van der Waals surface area (Å²) in [6, 6.07) is 0. The van der Waals surface area contributed by atoms with Crippen molar-refractivity contribution in [3.8, 4) is 0 Å². The fraction of sp³-hybridized carbons (Fsp3) is 0.667. The molecule has 2 aromatic heterocycles. The predicted molar refractivity (Wildman–Crippen MR) is 69.4 cm³/mol. The van der Waals surface area contributed by atoms with Gasteiger partial charge >= 0.3 is 0 Å². The smallest absolute Gasteiger partial charge is 0.248 e. The Morgan fingerprint density at radius 1 is 1.32 bits per heavy atom. The van der Waals surface area contributed by atoms with Gasteiger partial charge in [0.05, 0.1) is 5.69 Å². The van der Waals surface area contributed by atoms with Gasteiger partial charge in [-0.15, -0.1) is 5.10 Å². The predicted octanol–water partition coefficient (Wildman–Crippen LogP) is 0.943. The van der Waals surface area contributed by atoms with E-state index in [9.17, 15) is 0 Å². The van der Waals surface area contributed by atoms with Crippen molar-refractivity contribution in [3.05, 3.63) is 23.6 Å². The first kappa shape index (κ1) is 13.7. The summed E-state index contributed by atoms with van der Waals surface area (Å²) >= 11 is 0. The molecule has 0 aliphatic carbocycles. The number of unbranched alkanes of at least 4 members (excludes halogenated alkanes) is 1. The minimum atomic E-state index is 0.473. The van der Waals surface area contributed by atoms with Crippen LogP contribution in [0.3, 0.4) is 0 Å². The van der Waals surface area contributed by atoms with Gasteiger partial charge in [-0.25, -0.2) is 4.68 Å². The van der Waals surface area contributed by atoms with E-state index < -0.39 is 0 Å². The quantitative estimate of drug-likeness (QED) is 0.713. The van der Waals surface area contributed by atoms with E-state index in [2.05, 4.69) is 27.4 Å². The van der Waals surface area contributed by atoms with Crippen LogP contribution >= 0.6 is 0 Å². The Morgan fingerprint density at radius 3 is 3.00 bits per heavy atom. The topological polar surface area (TPSA) is 95.7 Å². The summed E-state index contributed by atoms with van der Waals surface area (Å²) in [5.74, 6) is 1.32. The lowest BCUT2D eigenvalue weighted by Gasteiger charge is -1.94. The molecule has 0 aromatic carbocycles. The van der Waals surface area contributed by atoms with Crippen LogP contribution in [0.5, 0.6) is 0 Å². The zero-order valence-corrected chi connectivity index (χ0v) is 11.2. The summed E-state index contributed by atoms with van der Waals surface area (Å²) in [4.78, 5) is 4.30. The maximum Gasteiger partial charge on any atom is 0.248 e. The maximum absolute atomic E-state index is 5.46. The molecule has 7 heteroatoms. The van der Waals surface area contributed by atoms with E-state index in [1.54, 1.807) is 4.68 Å². The highest BCUT2D eigenvalue weighted by Crippen LogP contribution is 2.04. The molecular weight excluding hydrogens is 244 g/mol. The van der Waals surface area contributed by atoms with E-state index in [4.69, 9.17) is 10.3 Å². The molecule has 2 rings (SSSR count). The van der Waals surface area contributed by atoms with E-state index >= 15 is 0 Å². The van der Waals surface area contributed by atoms with E-state index in [1.807, 2.05) is 6.20 Å². The van der Waals surface area contributed by atoms with Crippen molar-refractivity contribution < 1.29 is 4.52 Å². The zero-order chi connectivity index (χ0) is 13.5. The highest BCUT2D eigenvalue weighted by atomic mass is 16.5. The van der Waals surface area contributed by atoms with Crippen LogP contribution in [-0.4, -0.2) is 31.7 Å². The highest BCUT2D eigenvalue weighted by molar-refractivity contribution is 4.94. The van der Waals surface area contributed by atoms with E-state index in [1.165, 1.54) is 0 Å². The lowest BCUT2D eigenvalue weighted by molar-refractivity contribution is 0.359. The molecule has 0 bridgehead atoms. The van der Waals surface area contributed by atoms with E-state index in [0.29, 0.717) is 12.4 Å². The van der Waals surface area contributed by atoms with Crippen LogP contribution < -0.4 is 5.73 Å². The Morgan fingerprint density at radius 2 is 2.21 bits per heavy atom. The molecule has 19 heavy (non-hydrogen) atoms. The average molecular weight is 264 g/mol. The Labute approximate surface area is 112 Å². The van der Waals surface area contributed by atoms with Crippen molar-refractivity contribution in [1.29, 1.82) is 0 Å². The number of nitrogens with two attached hydrogens (primary N) is 1. The van der Waals surface area contributed by atoms with Gasteiger partial charge in [-0.3, -0.25) is 0 Å². The van der Waals surface area contributed by atoms with Gasteiger partial charge in [0, 0.05) is 12.6 Å². The Hall–Kier alpha value is -1.76. The molecule has 104 valence electrons. The van der Waals surface area contributed by atoms with Crippen LogP contribution in [0.25, 0.3) is 0 Å². The molecule has 0 spiro atoms. The van der Waals surface area contributed by atoms with Crippen molar-refractivity contribution in [2.45, 2.75) is 45.6 Å². The van der Waals surface area contributed by atoms with Crippen LogP contribution in [-0.2, 0) is 19.4 Å². The Balaban J connectivity index is 1.87. The molecule has 0 radical (unpaired) electrons. The fourth-order valence-corrected chi connectivity index (χ4v) is 1.80. The SMILES string of the molecule is CCCc1noc(Cn2cc(CCCCN)nn2)n1. The van der Waals surface area contributed by atoms with Crippen molar-refractivity contribution in [2.24, 2.45) is 5.73 Å². The summed E-state index contributed by atoms with van der Waals surface area (Å²) in [6.45, 7) is 3.28. The number of aryl methyl sites for hydroxylation is 2. The molecule has 2 heterocycles. The van der Waals surface area contributed by atoms with Crippen molar-refractivity contribution in [2.75, 3.05) is 6.54 Å². The zero-order valence-electron chi connectivity index (χ0n) is 11.2. The number of rotatable bonds is 8. The molecule has 0 aliphatic heterocycles. The average Bonchev–Trinajstić information content (AvgIpc) is 3.01. The van der Waals surface area contributed by atoms with Crippen LogP contribution in [0.2, 0.25) is 0 Å². The molecule has 7 nitrogen and oxygen atoms in total. The summed E-state index contributed by atoms with van der Waals surface area (Å²) in [5.41, 5.74) is 6.43. The second-order valence-corrected chi connectivity index (χ2v) is 4.51. The minimum Gasteiger partial charge on any atom is -0.337 e. The highest BCUT2D eigenvalue weighted by Gasteiger charge is 2.08. The molecule has 0 aliphatic rings. The molecule has 0 unspecified atom stereocenters. The molecule has 0 atom stereocenters. The molecule has 2 aromatic rings. The lowest BCUT2D eigenvalue weighted by atomic mass is 10.2. The van der Waals surface area contributed by atoms with E-state index in [-0.39, 0.29) is 0 Å². The summed E-state index contributed by atoms with van der Waals surface area (Å²) in [7, 11) is 0. The first-order chi connectivity index (χ1) is 9.31. The summed E-state index contributed by atoms with van der Waals surface area (Å²) in [6.07, 6.45) is 6.72. The third-order valence-electron chi connectivity index (χ3n) is 2.75. The lowest BCUT2D eigenvalue weighted by Crippen LogP contribution is -2.01. The first-order valence-corrected chi connectivity index (χ1v) is 6.72. The Bertz CT molecular complexity index is 492. The van der Waals surface area contributed by atoms with Gasteiger partial charge < -0.3 is 10.3 Å². The van der Waals surface area contributed by atoms with Crippen molar-refractivity contribution >= 4 is 0 Å².